The lowest BCUT2D eigenvalue weighted by Gasteiger charge is -2.26. The molecular formula is C15H16F2OS. The topological polar surface area (TPSA) is 17.1 Å². The third kappa shape index (κ3) is 2.83. The number of hydrogen-bond acceptors (Lipinski definition) is 2. The smallest absolute Gasteiger partial charge is 0.140 e. The predicted molar refractivity (Wildman–Crippen MR) is 72.2 cm³/mol. The highest BCUT2D eigenvalue weighted by Gasteiger charge is 2.37. The average Bonchev–Trinajstić information content (AvgIpc) is 2.71. The number of fused-ring (bicyclic) bond motifs is 2. The van der Waals surface area contributed by atoms with E-state index in [1.54, 1.807) is 0 Å². The van der Waals surface area contributed by atoms with E-state index >= 15 is 0 Å². The van der Waals surface area contributed by atoms with Gasteiger partial charge >= 0.3 is 0 Å². The molecule has 2 aliphatic heterocycles. The average molecular weight is 282 g/mol. The number of Topliss-reactive ketones (excluding diaryl/α,β-unsaturated/α-hetero) is 1. The number of carbonyl (C=O) groups is 1. The van der Waals surface area contributed by atoms with Gasteiger partial charge in [0.05, 0.1) is 0 Å². The van der Waals surface area contributed by atoms with Crippen LogP contribution in [0.5, 0.6) is 0 Å². The molecule has 2 atom stereocenters. The highest BCUT2D eigenvalue weighted by Crippen LogP contribution is 2.46. The Hall–Kier alpha value is -0.900. The molecule has 4 heteroatoms. The Kier molecular flexibility index (Phi) is 3.61. The number of carbonyl (C=O) groups excluding carboxylic acids is 1. The summed E-state index contributed by atoms with van der Waals surface area (Å²) in [4.78, 5) is 12.3. The first-order valence-electron chi connectivity index (χ1n) is 6.74. The van der Waals surface area contributed by atoms with Crippen LogP contribution in [0.4, 0.5) is 8.78 Å². The molecule has 102 valence electrons. The maximum absolute atomic E-state index is 13.5. The van der Waals surface area contributed by atoms with Crippen LogP contribution < -0.4 is 0 Å². The Morgan fingerprint density at radius 3 is 2.53 bits per heavy atom. The maximum atomic E-state index is 13.5. The second-order valence-electron chi connectivity index (χ2n) is 5.50. The second-order valence-corrected chi connectivity index (χ2v) is 7.11. The zero-order chi connectivity index (χ0) is 13.4. The number of benzene rings is 1. The molecule has 1 aromatic rings. The summed E-state index contributed by atoms with van der Waals surface area (Å²) in [6.07, 6.45) is 4.39. The third-order valence-electron chi connectivity index (χ3n) is 4.13. The molecule has 19 heavy (non-hydrogen) atoms. The van der Waals surface area contributed by atoms with Gasteiger partial charge in [0, 0.05) is 28.9 Å². The van der Waals surface area contributed by atoms with E-state index in [0.717, 1.165) is 18.9 Å². The van der Waals surface area contributed by atoms with Crippen LogP contribution in [0, 0.1) is 17.6 Å². The van der Waals surface area contributed by atoms with Crippen molar-refractivity contribution in [1.82, 2.24) is 0 Å². The molecule has 2 unspecified atom stereocenters. The van der Waals surface area contributed by atoms with Crippen molar-refractivity contribution in [1.29, 1.82) is 0 Å². The van der Waals surface area contributed by atoms with Gasteiger partial charge in [-0.15, -0.1) is 0 Å². The van der Waals surface area contributed by atoms with Crippen LogP contribution in [0.25, 0.3) is 0 Å². The lowest BCUT2D eigenvalue weighted by atomic mass is 9.90. The molecule has 2 bridgehead atoms. The lowest BCUT2D eigenvalue weighted by Crippen LogP contribution is -2.26. The zero-order valence-corrected chi connectivity index (χ0v) is 11.4. The number of thioether (sulfide) groups is 1. The molecule has 0 saturated carbocycles. The largest absolute Gasteiger partial charge is 0.299 e. The molecule has 0 aromatic heterocycles. The van der Waals surface area contributed by atoms with Crippen LogP contribution in [0.15, 0.2) is 18.2 Å². The quantitative estimate of drug-likeness (QED) is 0.840. The summed E-state index contributed by atoms with van der Waals surface area (Å²) in [7, 11) is 0. The van der Waals surface area contributed by atoms with Crippen molar-refractivity contribution in [3.05, 3.63) is 35.4 Å². The number of hydrogen-bond donors (Lipinski definition) is 0. The van der Waals surface area contributed by atoms with Gasteiger partial charge in [0.2, 0.25) is 0 Å². The van der Waals surface area contributed by atoms with Crippen LogP contribution in [-0.4, -0.2) is 16.3 Å². The minimum absolute atomic E-state index is 0.0724. The number of rotatable bonds is 3. The van der Waals surface area contributed by atoms with E-state index in [-0.39, 0.29) is 18.1 Å². The molecule has 2 aliphatic rings. The van der Waals surface area contributed by atoms with Crippen LogP contribution in [-0.2, 0) is 11.2 Å². The Morgan fingerprint density at radius 1 is 1.21 bits per heavy atom. The molecule has 0 radical (unpaired) electrons. The Bertz CT molecular complexity index is 491. The zero-order valence-electron chi connectivity index (χ0n) is 10.6. The van der Waals surface area contributed by atoms with Gasteiger partial charge < -0.3 is 0 Å². The number of ketones is 1. The Balaban J connectivity index is 1.68. The molecule has 3 rings (SSSR count). The van der Waals surface area contributed by atoms with E-state index in [2.05, 4.69) is 0 Å². The van der Waals surface area contributed by atoms with Crippen molar-refractivity contribution in [2.75, 3.05) is 0 Å². The fourth-order valence-corrected chi connectivity index (χ4v) is 4.89. The standard InChI is InChI=1S/C15H16F2OS/c16-11-2-1-9(14(17)8-11)7-15(18)10-5-12-3-4-13(6-10)19-12/h1-2,8,10,12-13H,3-7H2. The summed E-state index contributed by atoms with van der Waals surface area (Å²) in [6.45, 7) is 0. The Labute approximate surface area is 115 Å². The van der Waals surface area contributed by atoms with Gasteiger partial charge in [0.25, 0.3) is 0 Å². The predicted octanol–water partition coefficient (Wildman–Crippen LogP) is 3.75. The van der Waals surface area contributed by atoms with E-state index in [1.165, 1.54) is 25.0 Å². The summed E-state index contributed by atoms with van der Waals surface area (Å²) < 4.78 is 26.4. The third-order valence-corrected chi connectivity index (χ3v) is 5.75. The molecule has 0 amide bonds. The second kappa shape index (κ2) is 5.23. The fraction of sp³-hybridized carbons (Fsp3) is 0.533. The van der Waals surface area contributed by atoms with Gasteiger partial charge in [-0.2, -0.15) is 11.8 Å². The van der Waals surface area contributed by atoms with Crippen LogP contribution >= 0.6 is 11.8 Å². The minimum atomic E-state index is -0.610. The summed E-state index contributed by atoms with van der Waals surface area (Å²) in [6, 6.07) is 3.45. The van der Waals surface area contributed by atoms with Gasteiger partial charge in [0.1, 0.15) is 17.4 Å². The SMILES string of the molecule is O=C(Cc1ccc(F)cc1F)C1CC2CCC(C1)S2. The molecule has 1 nitrogen and oxygen atoms in total. The van der Waals surface area contributed by atoms with Gasteiger partial charge in [-0.05, 0) is 37.3 Å². The van der Waals surface area contributed by atoms with Crippen molar-refractivity contribution >= 4 is 17.5 Å². The molecule has 2 fully saturated rings. The first-order chi connectivity index (χ1) is 9.11. The van der Waals surface area contributed by atoms with Crippen molar-refractivity contribution in [2.45, 2.75) is 42.6 Å². The number of halogens is 2. The van der Waals surface area contributed by atoms with E-state index in [9.17, 15) is 13.6 Å². The monoisotopic (exact) mass is 282 g/mol. The van der Waals surface area contributed by atoms with Gasteiger partial charge in [0.15, 0.2) is 0 Å². The first-order valence-corrected chi connectivity index (χ1v) is 7.68. The molecule has 2 saturated heterocycles. The molecule has 0 aliphatic carbocycles. The molecular weight excluding hydrogens is 266 g/mol. The summed E-state index contributed by atoms with van der Waals surface area (Å²) in [5.74, 6) is -1.02. The molecule has 2 heterocycles. The minimum Gasteiger partial charge on any atom is -0.299 e. The van der Waals surface area contributed by atoms with E-state index < -0.39 is 11.6 Å². The Morgan fingerprint density at radius 2 is 1.89 bits per heavy atom. The molecule has 0 N–H and O–H groups in total. The van der Waals surface area contributed by atoms with E-state index in [1.807, 2.05) is 11.8 Å². The van der Waals surface area contributed by atoms with Gasteiger partial charge in [-0.3, -0.25) is 4.79 Å². The van der Waals surface area contributed by atoms with E-state index in [0.29, 0.717) is 16.1 Å². The van der Waals surface area contributed by atoms with Crippen LogP contribution in [0.1, 0.15) is 31.2 Å². The summed E-state index contributed by atoms with van der Waals surface area (Å²) >= 11 is 2.01. The van der Waals surface area contributed by atoms with Crippen molar-refractivity contribution in [2.24, 2.45) is 5.92 Å². The molecule has 1 aromatic carbocycles. The van der Waals surface area contributed by atoms with Crippen LogP contribution in [0.3, 0.4) is 0 Å². The normalized spacial score (nSPS) is 29.5. The van der Waals surface area contributed by atoms with E-state index in [4.69, 9.17) is 0 Å². The van der Waals surface area contributed by atoms with Gasteiger partial charge in [-0.1, -0.05) is 6.07 Å². The lowest BCUT2D eigenvalue weighted by molar-refractivity contribution is -0.122. The van der Waals surface area contributed by atoms with Crippen LogP contribution in [0.2, 0.25) is 0 Å². The highest BCUT2D eigenvalue weighted by atomic mass is 32.2. The highest BCUT2D eigenvalue weighted by molar-refractivity contribution is 8.00. The molecule has 0 spiro atoms. The van der Waals surface area contributed by atoms with Crippen molar-refractivity contribution in [3.63, 3.8) is 0 Å². The van der Waals surface area contributed by atoms with Crippen molar-refractivity contribution < 1.29 is 13.6 Å². The summed E-state index contributed by atoms with van der Waals surface area (Å²) in [5.41, 5.74) is 0.317. The van der Waals surface area contributed by atoms with Crippen molar-refractivity contribution in [3.8, 4) is 0 Å². The maximum Gasteiger partial charge on any atom is 0.140 e. The summed E-state index contributed by atoms with van der Waals surface area (Å²) in [5, 5.41) is 1.23. The first kappa shape index (κ1) is 13.1. The fourth-order valence-electron chi connectivity index (χ4n) is 3.12. The van der Waals surface area contributed by atoms with Gasteiger partial charge in [-0.25, -0.2) is 8.78 Å².